The van der Waals surface area contributed by atoms with Crippen LogP contribution in [0.15, 0.2) is 42.6 Å². The summed E-state index contributed by atoms with van der Waals surface area (Å²) in [6.45, 7) is 2.74. The molecule has 4 rings (SSSR count). The number of benzene rings is 1. The van der Waals surface area contributed by atoms with E-state index in [9.17, 15) is 14.0 Å². The molecule has 0 radical (unpaired) electrons. The lowest BCUT2D eigenvalue weighted by Gasteiger charge is -2.16. The van der Waals surface area contributed by atoms with Gasteiger partial charge in [0.1, 0.15) is 11.5 Å². The number of aliphatic carboxylic acids is 1. The van der Waals surface area contributed by atoms with E-state index in [1.807, 2.05) is 12.1 Å². The molecule has 0 spiro atoms. The second-order valence-electron chi connectivity index (χ2n) is 7.37. The fourth-order valence-electron chi connectivity index (χ4n) is 3.85. The van der Waals surface area contributed by atoms with E-state index in [-0.39, 0.29) is 24.1 Å². The highest BCUT2D eigenvalue weighted by Crippen LogP contribution is 2.29. The molecule has 3 aromatic rings. The van der Waals surface area contributed by atoms with Crippen molar-refractivity contribution < 1.29 is 19.1 Å². The van der Waals surface area contributed by atoms with Crippen LogP contribution >= 0.6 is 0 Å². The molecular weight excluding hydrogens is 385 g/mol. The number of amides is 1. The smallest absolute Gasteiger partial charge is 0.307 e. The van der Waals surface area contributed by atoms with E-state index in [1.54, 1.807) is 32.3 Å². The number of likely N-dealkylation sites (N-methyl/N-ethyl adjacent to an activating group) is 1. The summed E-state index contributed by atoms with van der Waals surface area (Å²) in [6.07, 6.45) is 5.14. The molecule has 0 saturated carbocycles. The maximum Gasteiger partial charge on any atom is 0.307 e. The highest BCUT2D eigenvalue weighted by Gasteiger charge is 2.21. The third-order valence-electron chi connectivity index (χ3n) is 5.42. The van der Waals surface area contributed by atoms with Crippen molar-refractivity contribution in [2.24, 2.45) is 0 Å². The van der Waals surface area contributed by atoms with Gasteiger partial charge >= 0.3 is 5.97 Å². The summed E-state index contributed by atoms with van der Waals surface area (Å²) in [5.74, 6) is -1.35. The van der Waals surface area contributed by atoms with Crippen molar-refractivity contribution in [3.8, 4) is 0 Å². The summed E-state index contributed by atoms with van der Waals surface area (Å²) in [5, 5.41) is 12.6. The molecule has 1 aliphatic rings. The van der Waals surface area contributed by atoms with Crippen LogP contribution < -0.4 is 5.32 Å². The predicted molar refractivity (Wildman–Crippen MR) is 113 cm³/mol. The highest BCUT2D eigenvalue weighted by atomic mass is 19.1. The quantitative estimate of drug-likeness (QED) is 0.686. The first kappa shape index (κ1) is 21.5. The minimum atomic E-state index is -0.769. The van der Waals surface area contributed by atoms with Crippen LogP contribution in [0.4, 0.5) is 4.39 Å². The number of hydrogen-bond acceptors (Lipinski definition) is 3. The van der Waals surface area contributed by atoms with Crippen molar-refractivity contribution in [1.29, 1.82) is 0 Å². The number of nitrogens with zero attached hydrogens (tertiary/aromatic N) is 2. The number of carbonyl (C=O) groups is 2. The number of halogens is 1. The zero-order chi connectivity index (χ0) is 21.7. The average Bonchev–Trinajstić information content (AvgIpc) is 3.07. The summed E-state index contributed by atoms with van der Waals surface area (Å²) < 4.78 is 14.7. The lowest BCUT2D eigenvalue weighted by atomic mass is 10.0. The first-order valence-corrected chi connectivity index (χ1v) is 10.1. The van der Waals surface area contributed by atoms with Crippen LogP contribution in [0.1, 0.15) is 42.5 Å². The Labute approximate surface area is 174 Å². The molecule has 0 bridgehead atoms. The Morgan fingerprint density at radius 3 is 2.63 bits per heavy atom. The van der Waals surface area contributed by atoms with Gasteiger partial charge in [-0.15, -0.1) is 0 Å². The third kappa shape index (κ3) is 4.67. The van der Waals surface area contributed by atoms with E-state index < -0.39 is 5.97 Å². The summed E-state index contributed by atoms with van der Waals surface area (Å²) in [5.41, 5.74) is 3.90. The number of carbonyl (C=O) groups excluding carboxylic acids is 1. The monoisotopic (exact) mass is 411 g/mol. The van der Waals surface area contributed by atoms with Crippen molar-refractivity contribution in [3.63, 3.8) is 0 Å². The van der Waals surface area contributed by atoms with Gasteiger partial charge in [-0.3, -0.25) is 9.59 Å². The van der Waals surface area contributed by atoms with Gasteiger partial charge < -0.3 is 15.0 Å². The Morgan fingerprint density at radius 1 is 1.23 bits per heavy atom. The number of carboxylic acid groups (broad SMARTS) is 1. The number of hydrogen-bond donors (Lipinski definition) is 2. The Hall–Kier alpha value is -3.22. The molecular formula is C23H26FN3O3. The molecule has 1 atom stereocenters. The standard InChI is InChI=1S/C13H14N2O2.C10H12FNO/c16-12(17)8-10-9-4-3-6-14-13(9)15-7-2-1-5-11(10)15;1-7(10(13)12-2)8-3-5-9(11)6-4-8/h3-4,6H,1-2,5,7-8H2,(H,16,17);3-7H,1-2H3,(H,12,13). The third-order valence-corrected chi connectivity index (χ3v) is 5.42. The molecule has 30 heavy (non-hydrogen) atoms. The Morgan fingerprint density at radius 2 is 1.97 bits per heavy atom. The number of fused-ring (bicyclic) bond motifs is 3. The van der Waals surface area contributed by atoms with Crippen LogP contribution in [0.3, 0.4) is 0 Å². The van der Waals surface area contributed by atoms with Gasteiger partial charge in [-0.1, -0.05) is 12.1 Å². The van der Waals surface area contributed by atoms with Gasteiger partial charge in [-0.05, 0) is 61.6 Å². The van der Waals surface area contributed by atoms with Crippen molar-refractivity contribution >= 4 is 22.9 Å². The van der Waals surface area contributed by atoms with Gasteiger partial charge in [0.05, 0.1) is 12.3 Å². The molecule has 0 aliphatic carbocycles. The van der Waals surface area contributed by atoms with Gasteiger partial charge in [0, 0.05) is 30.9 Å². The average molecular weight is 411 g/mol. The van der Waals surface area contributed by atoms with E-state index >= 15 is 0 Å². The van der Waals surface area contributed by atoms with Crippen LogP contribution in [0, 0.1) is 5.82 Å². The zero-order valence-electron chi connectivity index (χ0n) is 17.2. The topological polar surface area (TPSA) is 84.2 Å². The summed E-state index contributed by atoms with van der Waals surface area (Å²) in [4.78, 5) is 26.6. The van der Waals surface area contributed by atoms with Crippen molar-refractivity contribution in [3.05, 3.63) is 65.2 Å². The van der Waals surface area contributed by atoms with E-state index in [1.165, 1.54) is 17.8 Å². The van der Waals surface area contributed by atoms with E-state index in [2.05, 4.69) is 14.9 Å². The van der Waals surface area contributed by atoms with E-state index in [4.69, 9.17) is 5.11 Å². The first-order valence-electron chi connectivity index (χ1n) is 10.1. The fraction of sp³-hybridized carbons (Fsp3) is 0.348. The zero-order valence-corrected chi connectivity index (χ0v) is 17.2. The molecule has 158 valence electrons. The summed E-state index contributed by atoms with van der Waals surface area (Å²) in [6, 6.07) is 9.81. The second-order valence-corrected chi connectivity index (χ2v) is 7.37. The van der Waals surface area contributed by atoms with Crippen molar-refractivity contribution in [1.82, 2.24) is 14.9 Å². The van der Waals surface area contributed by atoms with E-state index in [0.717, 1.165) is 48.0 Å². The van der Waals surface area contributed by atoms with Crippen LogP contribution in [0.25, 0.3) is 11.0 Å². The highest BCUT2D eigenvalue weighted by molar-refractivity contribution is 5.86. The molecule has 1 aromatic carbocycles. The minimum absolute atomic E-state index is 0.0633. The van der Waals surface area contributed by atoms with Gasteiger partial charge in [0.25, 0.3) is 0 Å². The van der Waals surface area contributed by atoms with Gasteiger partial charge in [0.15, 0.2) is 0 Å². The van der Waals surface area contributed by atoms with Gasteiger partial charge in [-0.25, -0.2) is 9.37 Å². The number of aryl methyl sites for hydroxylation is 1. The molecule has 1 amide bonds. The van der Waals surface area contributed by atoms with E-state index in [0.29, 0.717) is 0 Å². The Kier molecular flexibility index (Phi) is 6.82. The SMILES string of the molecule is CNC(=O)C(C)c1ccc(F)cc1.O=C(O)Cc1c2n(c3ncccc13)CCCC2. The molecule has 2 aromatic heterocycles. The molecule has 0 fully saturated rings. The largest absolute Gasteiger partial charge is 0.481 e. The van der Waals surface area contributed by atoms with Crippen LogP contribution in [0.5, 0.6) is 0 Å². The maximum absolute atomic E-state index is 12.5. The number of aromatic nitrogens is 2. The van der Waals surface area contributed by atoms with Crippen LogP contribution in [0.2, 0.25) is 0 Å². The van der Waals surface area contributed by atoms with Crippen molar-refractivity contribution in [2.75, 3.05) is 7.05 Å². The molecule has 7 heteroatoms. The molecule has 2 N–H and O–H groups in total. The fourth-order valence-corrected chi connectivity index (χ4v) is 3.85. The Bertz CT molecular complexity index is 1040. The van der Waals surface area contributed by atoms with Gasteiger partial charge in [0.2, 0.25) is 5.91 Å². The minimum Gasteiger partial charge on any atom is -0.481 e. The predicted octanol–water partition coefficient (Wildman–Crippen LogP) is 3.67. The number of nitrogens with one attached hydrogen (secondary N) is 1. The Balaban J connectivity index is 0.000000178. The van der Waals surface area contributed by atoms with Gasteiger partial charge in [-0.2, -0.15) is 0 Å². The number of carboxylic acids is 1. The molecule has 1 unspecified atom stereocenters. The van der Waals surface area contributed by atoms with Crippen LogP contribution in [-0.4, -0.2) is 33.6 Å². The second kappa shape index (κ2) is 9.52. The molecule has 3 heterocycles. The van der Waals surface area contributed by atoms with Crippen LogP contribution in [-0.2, 0) is 29.0 Å². The lowest BCUT2D eigenvalue weighted by Crippen LogP contribution is -2.23. The first-order chi connectivity index (χ1) is 14.4. The summed E-state index contributed by atoms with van der Waals surface area (Å²) in [7, 11) is 1.59. The number of pyridine rings is 1. The molecule has 0 saturated heterocycles. The maximum atomic E-state index is 12.5. The lowest BCUT2D eigenvalue weighted by molar-refractivity contribution is -0.136. The normalized spacial score (nSPS) is 13.7. The molecule has 1 aliphatic heterocycles. The molecule has 6 nitrogen and oxygen atoms in total. The summed E-state index contributed by atoms with van der Waals surface area (Å²) >= 11 is 0. The number of rotatable bonds is 4. The van der Waals surface area contributed by atoms with Crippen molar-refractivity contribution in [2.45, 2.75) is 45.1 Å².